The van der Waals surface area contributed by atoms with Gasteiger partial charge in [0, 0.05) is 18.8 Å². The van der Waals surface area contributed by atoms with Crippen molar-refractivity contribution in [3.63, 3.8) is 0 Å². The average molecular weight is 265 g/mol. The number of hydrogen-bond donors (Lipinski definition) is 2. The van der Waals surface area contributed by atoms with Crippen LogP contribution in [0.1, 0.15) is 30.6 Å². The van der Waals surface area contributed by atoms with Gasteiger partial charge in [-0.25, -0.2) is 4.79 Å². The predicted molar refractivity (Wildman–Crippen MR) is 72.7 cm³/mol. The largest absolute Gasteiger partial charge is 0.481 e. The third-order valence-corrected chi connectivity index (χ3v) is 2.64. The number of carboxylic acid groups (broad SMARTS) is 2. The van der Waals surface area contributed by atoms with Crippen molar-refractivity contribution < 1.29 is 19.8 Å². The number of aliphatic carboxylic acids is 1. The Balaban J connectivity index is 2.92. The molecule has 0 radical (unpaired) electrons. The molecular weight excluding hydrogens is 246 g/mol. The Morgan fingerprint density at radius 1 is 1.26 bits per heavy atom. The zero-order valence-electron chi connectivity index (χ0n) is 11.2. The van der Waals surface area contributed by atoms with Crippen LogP contribution in [0.15, 0.2) is 24.3 Å². The Hall–Kier alpha value is -2.04. The van der Waals surface area contributed by atoms with Crippen molar-refractivity contribution in [1.82, 2.24) is 0 Å². The van der Waals surface area contributed by atoms with E-state index in [9.17, 15) is 9.59 Å². The maximum atomic E-state index is 11.0. The van der Waals surface area contributed by atoms with Crippen LogP contribution in [0.2, 0.25) is 0 Å². The summed E-state index contributed by atoms with van der Waals surface area (Å²) in [4.78, 5) is 23.5. The number of nitrogens with zero attached hydrogens (tertiary/aromatic N) is 1. The van der Waals surface area contributed by atoms with E-state index in [1.165, 1.54) is 6.07 Å². The monoisotopic (exact) mass is 265 g/mol. The topological polar surface area (TPSA) is 77.8 Å². The average Bonchev–Trinajstić information content (AvgIpc) is 2.34. The van der Waals surface area contributed by atoms with Crippen molar-refractivity contribution in [3.8, 4) is 0 Å². The van der Waals surface area contributed by atoms with Gasteiger partial charge in [-0.15, -0.1) is 0 Å². The second kappa shape index (κ2) is 6.78. The van der Waals surface area contributed by atoms with Gasteiger partial charge in [0.15, 0.2) is 0 Å². The molecule has 5 nitrogen and oxygen atoms in total. The minimum atomic E-state index is -0.982. The Morgan fingerprint density at radius 3 is 2.47 bits per heavy atom. The molecule has 0 bridgehead atoms. The molecule has 0 aliphatic carbocycles. The van der Waals surface area contributed by atoms with E-state index in [-0.39, 0.29) is 12.0 Å². The number of aromatic carboxylic acids is 1. The van der Waals surface area contributed by atoms with Crippen LogP contribution < -0.4 is 4.90 Å². The van der Waals surface area contributed by atoms with Crippen LogP contribution in [0.4, 0.5) is 5.69 Å². The molecular formula is C14H19NO4. The van der Waals surface area contributed by atoms with Gasteiger partial charge in [-0.2, -0.15) is 0 Å². The van der Waals surface area contributed by atoms with Gasteiger partial charge in [-0.3, -0.25) is 4.79 Å². The minimum Gasteiger partial charge on any atom is -0.481 e. The maximum Gasteiger partial charge on any atom is 0.335 e. The quantitative estimate of drug-likeness (QED) is 0.791. The first-order valence-corrected chi connectivity index (χ1v) is 6.20. The van der Waals surface area contributed by atoms with Gasteiger partial charge >= 0.3 is 11.9 Å². The first-order valence-electron chi connectivity index (χ1n) is 6.20. The number of hydrogen-bond acceptors (Lipinski definition) is 3. The SMILES string of the molecule is CC(C)CN(CCC(=O)O)c1cccc(C(=O)O)c1. The van der Waals surface area contributed by atoms with Crippen molar-refractivity contribution in [2.75, 3.05) is 18.0 Å². The van der Waals surface area contributed by atoms with Crippen molar-refractivity contribution in [3.05, 3.63) is 29.8 Å². The standard InChI is InChI=1S/C14H19NO4/c1-10(2)9-15(7-6-13(16)17)12-5-3-4-11(8-12)14(18)19/h3-5,8,10H,6-7,9H2,1-2H3,(H,16,17)(H,18,19). The predicted octanol–water partition coefficient (Wildman–Crippen LogP) is 2.32. The molecule has 0 heterocycles. The number of carboxylic acids is 2. The third-order valence-electron chi connectivity index (χ3n) is 2.64. The van der Waals surface area contributed by atoms with E-state index in [2.05, 4.69) is 0 Å². The van der Waals surface area contributed by atoms with Crippen LogP contribution in [0.25, 0.3) is 0 Å². The first kappa shape index (κ1) is 15.0. The fourth-order valence-corrected chi connectivity index (χ4v) is 1.83. The molecule has 0 fully saturated rings. The van der Waals surface area contributed by atoms with Crippen LogP contribution in [0.5, 0.6) is 0 Å². The summed E-state index contributed by atoms with van der Waals surface area (Å²) in [5.74, 6) is -1.48. The summed E-state index contributed by atoms with van der Waals surface area (Å²) < 4.78 is 0. The molecule has 5 heteroatoms. The van der Waals surface area contributed by atoms with E-state index >= 15 is 0 Å². The maximum absolute atomic E-state index is 11.0. The van der Waals surface area contributed by atoms with Gasteiger partial charge in [0.05, 0.1) is 12.0 Å². The molecule has 1 aromatic rings. The molecule has 104 valence electrons. The molecule has 0 aromatic heterocycles. The molecule has 19 heavy (non-hydrogen) atoms. The van der Waals surface area contributed by atoms with Crippen LogP contribution in [0.3, 0.4) is 0 Å². The molecule has 0 spiro atoms. The van der Waals surface area contributed by atoms with Crippen LogP contribution in [0, 0.1) is 5.92 Å². The minimum absolute atomic E-state index is 0.0318. The Labute approximate surface area is 112 Å². The number of carbonyl (C=O) groups is 2. The van der Waals surface area contributed by atoms with Crippen molar-refractivity contribution in [2.45, 2.75) is 20.3 Å². The van der Waals surface area contributed by atoms with Gasteiger partial charge in [-0.05, 0) is 24.1 Å². The molecule has 0 unspecified atom stereocenters. The van der Waals surface area contributed by atoms with E-state index in [0.717, 1.165) is 5.69 Å². The Bertz CT molecular complexity index is 457. The second-order valence-electron chi connectivity index (χ2n) is 4.84. The van der Waals surface area contributed by atoms with Crippen molar-refractivity contribution in [2.24, 2.45) is 5.92 Å². The molecule has 0 aliphatic heterocycles. The zero-order valence-corrected chi connectivity index (χ0v) is 11.2. The highest BCUT2D eigenvalue weighted by Gasteiger charge is 2.12. The van der Waals surface area contributed by atoms with Crippen LogP contribution in [-0.4, -0.2) is 35.2 Å². The van der Waals surface area contributed by atoms with Crippen molar-refractivity contribution >= 4 is 17.6 Å². The molecule has 1 aromatic carbocycles. The number of rotatable bonds is 7. The summed E-state index contributed by atoms with van der Waals surface area (Å²) in [6.07, 6.45) is 0.0318. The molecule has 0 saturated heterocycles. The fraction of sp³-hybridized carbons (Fsp3) is 0.429. The highest BCUT2D eigenvalue weighted by atomic mass is 16.4. The van der Waals surface area contributed by atoms with E-state index in [4.69, 9.17) is 10.2 Å². The smallest absolute Gasteiger partial charge is 0.335 e. The summed E-state index contributed by atoms with van der Waals surface area (Å²) in [6.45, 7) is 5.14. The lowest BCUT2D eigenvalue weighted by Crippen LogP contribution is -2.30. The van der Waals surface area contributed by atoms with E-state index in [0.29, 0.717) is 19.0 Å². The summed E-state index contributed by atoms with van der Waals surface area (Å²) in [7, 11) is 0. The second-order valence-corrected chi connectivity index (χ2v) is 4.84. The summed E-state index contributed by atoms with van der Waals surface area (Å²) in [5, 5.41) is 17.7. The van der Waals surface area contributed by atoms with Gasteiger partial charge in [0.25, 0.3) is 0 Å². The highest BCUT2D eigenvalue weighted by Crippen LogP contribution is 2.18. The summed E-state index contributed by atoms with van der Waals surface area (Å²) in [5.41, 5.74) is 0.955. The Kier molecular flexibility index (Phi) is 5.36. The summed E-state index contributed by atoms with van der Waals surface area (Å²) in [6, 6.07) is 6.58. The Morgan fingerprint density at radius 2 is 1.95 bits per heavy atom. The molecule has 0 amide bonds. The van der Waals surface area contributed by atoms with Crippen LogP contribution in [-0.2, 0) is 4.79 Å². The van der Waals surface area contributed by atoms with Crippen LogP contribution >= 0.6 is 0 Å². The van der Waals surface area contributed by atoms with Gasteiger partial charge in [-0.1, -0.05) is 19.9 Å². The number of anilines is 1. The lowest BCUT2D eigenvalue weighted by molar-refractivity contribution is -0.136. The van der Waals surface area contributed by atoms with Crippen molar-refractivity contribution in [1.29, 1.82) is 0 Å². The fourth-order valence-electron chi connectivity index (χ4n) is 1.83. The molecule has 1 rings (SSSR count). The third kappa shape index (κ3) is 4.99. The number of benzene rings is 1. The van der Waals surface area contributed by atoms with Gasteiger partial charge in [0.2, 0.25) is 0 Å². The first-order chi connectivity index (χ1) is 8.90. The lowest BCUT2D eigenvalue weighted by Gasteiger charge is -2.26. The molecule has 0 saturated carbocycles. The lowest BCUT2D eigenvalue weighted by atomic mass is 10.1. The van der Waals surface area contributed by atoms with E-state index in [1.807, 2.05) is 18.7 Å². The molecule has 0 atom stereocenters. The molecule has 0 aliphatic rings. The summed E-state index contributed by atoms with van der Waals surface area (Å²) >= 11 is 0. The molecule has 2 N–H and O–H groups in total. The van der Waals surface area contributed by atoms with E-state index < -0.39 is 11.9 Å². The van der Waals surface area contributed by atoms with Gasteiger partial charge < -0.3 is 15.1 Å². The zero-order chi connectivity index (χ0) is 14.4. The van der Waals surface area contributed by atoms with E-state index in [1.54, 1.807) is 18.2 Å². The normalized spacial score (nSPS) is 10.5. The highest BCUT2D eigenvalue weighted by molar-refractivity contribution is 5.88. The van der Waals surface area contributed by atoms with Gasteiger partial charge in [0.1, 0.15) is 0 Å².